The Hall–Kier alpha value is -2.27. The third-order valence-corrected chi connectivity index (χ3v) is 3.50. The summed E-state index contributed by atoms with van der Waals surface area (Å²) in [5, 5.41) is 13.0. The quantitative estimate of drug-likeness (QED) is 0.912. The van der Waals surface area contributed by atoms with Crippen LogP contribution in [0.4, 0.5) is 8.78 Å². The first-order chi connectivity index (χ1) is 10.3. The van der Waals surface area contributed by atoms with Gasteiger partial charge >= 0.3 is 0 Å². The van der Waals surface area contributed by atoms with Gasteiger partial charge < -0.3 is 10.4 Å². The number of rotatable bonds is 4. The molecule has 1 atom stereocenters. The average molecular weight is 305 g/mol. The second-order valence-corrected chi connectivity index (χ2v) is 5.42. The van der Waals surface area contributed by atoms with E-state index in [1.165, 1.54) is 43.3 Å². The maximum Gasteiger partial charge on any atom is 0.251 e. The standard InChI is InChI=1S/C17H17F2NO2/c1-11-3-6-14(19)9-15(11)16(21)20-10-17(2,22)12-4-7-13(18)8-5-12/h3-9,22H,10H2,1-2H3,(H,20,21). The Morgan fingerprint density at radius 2 is 1.73 bits per heavy atom. The highest BCUT2D eigenvalue weighted by Gasteiger charge is 2.24. The lowest BCUT2D eigenvalue weighted by molar-refractivity contribution is 0.0525. The SMILES string of the molecule is Cc1ccc(F)cc1C(=O)NCC(C)(O)c1ccc(F)cc1. The zero-order chi connectivity index (χ0) is 16.3. The van der Waals surface area contributed by atoms with Crippen LogP contribution in [-0.2, 0) is 5.60 Å². The highest BCUT2D eigenvalue weighted by molar-refractivity contribution is 5.95. The Labute approximate surface area is 127 Å². The molecule has 0 aliphatic rings. The topological polar surface area (TPSA) is 49.3 Å². The number of halogens is 2. The first kappa shape index (κ1) is 16.1. The summed E-state index contributed by atoms with van der Waals surface area (Å²) in [6.45, 7) is 3.14. The van der Waals surface area contributed by atoms with Crippen molar-refractivity contribution in [3.05, 3.63) is 70.8 Å². The number of aliphatic hydroxyl groups is 1. The number of nitrogens with one attached hydrogen (secondary N) is 1. The lowest BCUT2D eigenvalue weighted by Crippen LogP contribution is -2.38. The molecular formula is C17H17F2NO2. The van der Waals surface area contributed by atoms with E-state index in [0.29, 0.717) is 11.1 Å². The molecule has 0 heterocycles. The van der Waals surface area contributed by atoms with E-state index in [9.17, 15) is 18.7 Å². The predicted octanol–water partition coefficient (Wildman–Crippen LogP) is 2.91. The average Bonchev–Trinajstić information content (AvgIpc) is 2.48. The van der Waals surface area contributed by atoms with E-state index in [0.717, 1.165) is 6.07 Å². The molecule has 2 rings (SSSR count). The molecule has 116 valence electrons. The molecule has 2 aromatic rings. The summed E-state index contributed by atoms with van der Waals surface area (Å²) in [6.07, 6.45) is 0. The summed E-state index contributed by atoms with van der Waals surface area (Å²) in [5.41, 5.74) is -0.0229. The molecule has 22 heavy (non-hydrogen) atoms. The zero-order valence-corrected chi connectivity index (χ0v) is 12.4. The van der Waals surface area contributed by atoms with Crippen molar-refractivity contribution in [3.8, 4) is 0 Å². The number of amides is 1. The summed E-state index contributed by atoms with van der Waals surface area (Å²) in [5.74, 6) is -1.38. The van der Waals surface area contributed by atoms with Crippen molar-refractivity contribution in [1.82, 2.24) is 5.32 Å². The molecule has 0 radical (unpaired) electrons. The zero-order valence-electron chi connectivity index (χ0n) is 12.4. The monoisotopic (exact) mass is 305 g/mol. The van der Waals surface area contributed by atoms with E-state index >= 15 is 0 Å². The van der Waals surface area contributed by atoms with Gasteiger partial charge in [-0.15, -0.1) is 0 Å². The van der Waals surface area contributed by atoms with Crippen molar-refractivity contribution >= 4 is 5.91 Å². The van der Waals surface area contributed by atoms with Crippen LogP contribution in [0.2, 0.25) is 0 Å². The molecule has 0 aliphatic carbocycles. The lowest BCUT2D eigenvalue weighted by Gasteiger charge is -2.24. The molecule has 0 spiro atoms. The van der Waals surface area contributed by atoms with Gasteiger partial charge in [-0.05, 0) is 49.2 Å². The van der Waals surface area contributed by atoms with Crippen molar-refractivity contribution in [2.45, 2.75) is 19.4 Å². The Morgan fingerprint density at radius 3 is 2.36 bits per heavy atom. The predicted molar refractivity (Wildman–Crippen MR) is 79.4 cm³/mol. The van der Waals surface area contributed by atoms with Gasteiger partial charge in [0.25, 0.3) is 5.91 Å². The molecular weight excluding hydrogens is 288 g/mol. The van der Waals surface area contributed by atoms with Gasteiger partial charge in [-0.2, -0.15) is 0 Å². The summed E-state index contributed by atoms with van der Waals surface area (Å²) >= 11 is 0. The number of benzene rings is 2. The Kier molecular flexibility index (Phi) is 4.56. The first-order valence-electron chi connectivity index (χ1n) is 6.82. The van der Waals surface area contributed by atoms with Gasteiger partial charge in [0.1, 0.15) is 17.2 Å². The summed E-state index contributed by atoms with van der Waals surface area (Å²) in [4.78, 5) is 12.1. The minimum Gasteiger partial charge on any atom is -0.384 e. The maximum atomic E-state index is 13.2. The van der Waals surface area contributed by atoms with E-state index in [2.05, 4.69) is 5.32 Å². The number of aryl methyl sites for hydroxylation is 1. The van der Waals surface area contributed by atoms with Gasteiger partial charge in [-0.3, -0.25) is 4.79 Å². The summed E-state index contributed by atoms with van der Waals surface area (Å²) in [6, 6.07) is 9.33. The number of hydrogen-bond donors (Lipinski definition) is 2. The van der Waals surface area contributed by atoms with E-state index in [1.54, 1.807) is 6.92 Å². The van der Waals surface area contributed by atoms with Crippen LogP contribution in [0.5, 0.6) is 0 Å². The summed E-state index contributed by atoms with van der Waals surface area (Å²) < 4.78 is 26.1. The highest BCUT2D eigenvalue weighted by Crippen LogP contribution is 2.20. The van der Waals surface area contributed by atoms with E-state index < -0.39 is 23.1 Å². The van der Waals surface area contributed by atoms with Crippen molar-refractivity contribution in [2.24, 2.45) is 0 Å². The molecule has 5 heteroatoms. The number of carbonyl (C=O) groups is 1. The third kappa shape index (κ3) is 3.68. The van der Waals surface area contributed by atoms with Gasteiger partial charge in [-0.1, -0.05) is 18.2 Å². The van der Waals surface area contributed by atoms with Gasteiger partial charge in [0.15, 0.2) is 0 Å². The Bertz CT molecular complexity index is 682. The lowest BCUT2D eigenvalue weighted by atomic mass is 9.96. The van der Waals surface area contributed by atoms with Gasteiger partial charge in [-0.25, -0.2) is 8.78 Å². The highest BCUT2D eigenvalue weighted by atomic mass is 19.1. The van der Waals surface area contributed by atoms with E-state index in [1.807, 2.05) is 0 Å². The van der Waals surface area contributed by atoms with Crippen molar-refractivity contribution in [1.29, 1.82) is 0 Å². The van der Waals surface area contributed by atoms with Gasteiger partial charge in [0.2, 0.25) is 0 Å². The van der Waals surface area contributed by atoms with Crippen LogP contribution in [0.15, 0.2) is 42.5 Å². The second kappa shape index (κ2) is 6.23. The van der Waals surface area contributed by atoms with Crippen LogP contribution in [0.25, 0.3) is 0 Å². The smallest absolute Gasteiger partial charge is 0.251 e. The largest absolute Gasteiger partial charge is 0.384 e. The molecule has 1 amide bonds. The molecule has 2 N–H and O–H groups in total. The molecule has 0 aromatic heterocycles. The second-order valence-electron chi connectivity index (χ2n) is 5.42. The Balaban J connectivity index is 2.09. The first-order valence-corrected chi connectivity index (χ1v) is 6.82. The van der Waals surface area contributed by atoms with Crippen LogP contribution in [0, 0.1) is 18.6 Å². The van der Waals surface area contributed by atoms with Crippen molar-refractivity contribution < 1.29 is 18.7 Å². The van der Waals surface area contributed by atoms with Crippen LogP contribution in [0.1, 0.15) is 28.4 Å². The Morgan fingerprint density at radius 1 is 1.14 bits per heavy atom. The van der Waals surface area contributed by atoms with Gasteiger partial charge in [0.05, 0.1) is 6.54 Å². The fourth-order valence-corrected chi connectivity index (χ4v) is 2.10. The molecule has 1 unspecified atom stereocenters. The molecule has 2 aromatic carbocycles. The molecule has 0 fully saturated rings. The molecule has 0 aliphatic heterocycles. The van der Waals surface area contributed by atoms with Crippen LogP contribution >= 0.6 is 0 Å². The molecule has 0 saturated heterocycles. The van der Waals surface area contributed by atoms with Crippen molar-refractivity contribution in [2.75, 3.05) is 6.54 Å². The molecule has 0 bridgehead atoms. The van der Waals surface area contributed by atoms with E-state index in [4.69, 9.17) is 0 Å². The summed E-state index contributed by atoms with van der Waals surface area (Å²) in [7, 11) is 0. The van der Waals surface area contributed by atoms with Crippen LogP contribution < -0.4 is 5.32 Å². The number of carbonyl (C=O) groups excluding carboxylic acids is 1. The number of hydrogen-bond acceptors (Lipinski definition) is 2. The van der Waals surface area contributed by atoms with Crippen molar-refractivity contribution in [3.63, 3.8) is 0 Å². The van der Waals surface area contributed by atoms with Gasteiger partial charge in [0, 0.05) is 5.56 Å². The molecule has 3 nitrogen and oxygen atoms in total. The third-order valence-electron chi connectivity index (χ3n) is 3.50. The van der Waals surface area contributed by atoms with Crippen LogP contribution in [0.3, 0.4) is 0 Å². The van der Waals surface area contributed by atoms with E-state index in [-0.39, 0.29) is 12.1 Å². The fraction of sp³-hybridized carbons (Fsp3) is 0.235. The molecule has 0 saturated carbocycles. The normalized spacial score (nSPS) is 13.5. The van der Waals surface area contributed by atoms with Crippen LogP contribution in [-0.4, -0.2) is 17.6 Å². The fourth-order valence-electron chi connectivity index (χ4n) is 2.10. The maximum absolute atomic E-state index is 13.2. The minimum atomic E-state index is -1.36. The minimum absolute atomic E-state index is 0.0760.